The molecule has 6 nitrogen and oxygen atoms in total. The highest BCUT2D eigenvalue weighted by Crippen LogP contribution is 2.19. The summed E-state index contributed by atoms with van der Waals surface area (Å²) in [5.74, 6) is -0.211. The molecule has 28 heavy (non-hydrogen) atoms. The molecule has 0 aromatic carbocycles. The van der Waals surface area contributed by atoms with Gasteiger partial charge in [-0.2, -0.15) is 0 Å². The first kappa shape index (κ1) is 19.6. The van der Waals surface area contributed by atoms with E-state index < -0.39 is 0 Å². The molecule has 0 saturated carbocycles. The number of amides is 1. The van der Waals surface area contributed by atoms with Crippen LogP contribution in [-0.4, -0.2) is 27.5 Å². The van der Waals surface area contributed by atoms with Crippen LogP contribution >= 0.6 is 0 Å². The van der Waals surface area contributed by atoms with E-state index in [0.717, 1.165) is 5.69 Å². The normalized spacial score (nSPS) is 12.6. The molecule has 3 aromatic heterocycles. The summed E-state index contributed by atoms with van der Waals surface area (Å²) >= 11 is 0. The Hall–Kier alpha value is -3.15. The van der Waals surface area contributed by atoms with Gasteiger partial charge in [-0.15, -0.1) is 6.58 Å². The Labute approximate surface area is 164 Å². The first-order valence-corrected chi connectivity index (χ1v) is 9.52. The second-order valence-corrected chi connectivity index (χ2v) is 6.96. The van der Waals surface area contributed by atoms with Gasteiger partial charge in [0.25, 0.3) is 11.5 Å². The predicted octanol–water partition coefficient (Wildman–Crippen LogP) is 3.14. The van der Waals surface area contributed by atoms with Crippen LogP contribution in [0.15, 0.2) is 48.2 Å². The topological polar surface area (TPSA) is 79.8 Å². The zero-order chi connectivity index (χ0) is 20.1. The van der Waals surface area contributed by atoms with E-state index in [9.17, 15) is 9.59 Å². The summed E-state index contributed by atoms with van der Waals surface area (Å²) in [6, 6.07) is 3.95. The highest BCUT2D eigenvalue weighted by Gasteiger charge is 2.15. The zero-order valence-electron chi connectivity index (χ0n) is 16.4. The number of hydrogen-bond acceptors (Lipinski definition) is 3. The molecular weight excluding hydrogens is 352 g/mol. The molecule has 0 unspecified atom stereocenters. The van der Waals surface area contributed by atoms with Gasteiger partial charge in [0, 0.05) is 43.3 Å². The molecular formula is C22H26N4O2. The number of allylic oxidation sites excluding steroid dienone is 1. The minimum atomic E-state index is -0.211. The minimum Gasteiger partial charge on any atom is -0.355 e. The Balaban J connectivity index is 0.000000188. The summed E-state index contributed by atoms with van der Waals surface area (Å²) in [7, 11) is 1.57. The van der Waals surface area contributed by atoms with Gasteiger partial charge in [-0.05, 0) is 55.9 Å². The van der Waals surface area contributed by atoms with Crippen LogP contribution in [0.5, 0.6) is 0 Å². The number of nitrogens with one attached hydrogen (secondary N) is 2. The number of rotatable bonds is 3. The van der Waals surface area contributed by atoms with Crippen molar-refractivity contribution >= 4 is 16.8 Å². The van der Waals surface area contributed by atoms with E-state index in [2.05, 4.69) is 27.9 Å². The summed E-state index contributed by atoms with van der Waals surface area (Å²) in [6.45, 7) is 5.83. The van der Waals surface area contributed by atoms with Crippen molar-refractivity contribution in [1.82, 2.24) is 19.9 Å². The van der Waals surface area contributed by atoms with E-state index in [4.69, 9.17) is 0 Å². The molecule has 0 aliphatic heterocycles. The van der Waals surface area contributed by atoms with Crippen molar-refractivity contribution < 1.29 is 4.79 Å². The lowest BCUT2D eigenvalue weighted by molar-refractivity contribution is 0.0964. The van der Waals surface area contributed by atoms with Gasteiger partial charge in [-0.25, -0.2) is 0 Å². The minimum absolute atomic E-state index is 0.148. The van der Waals surface area contributed by atoms with Crippen LogP contribution in [0.25, 0.3) is 10.9 Å². The van der Waals surface area contributed by atoms with Gasteiger partial charge in [0.1, 0.15) is 5.52 Å². The Morgan fingerprint density at radius 2 is 2.11 bits per heavy atom. The van der Waals surface area contributed by atoms with Crippen LogP contribution in [0.2, 0.25) is 0 Å². The second-order valence-electron chi connectivity index (χ2n) is 6.96. The molecule has 6 heteroatoms. The first-order chi connectivity index (χ1) is 13.5. The maximum Gasteiger partial charge on any atom is 0.275 e. The number of carbonyl (C=O) groups excluding carboxylic acids is 1. The summed E-state index contributed by atoms with van der Waals surface area (Å²) < 4.78 is 1.47. The molecule has 0 atom stereocenters. The third-order valence-electron chi connectivity index (χ3n) is 4.95. The van der Waals surface area contributed by atoms with Crippen molar-refractivity contribution in [2.24, 2.45) is 0 Å². The Kier molecular flexibility index (Phi) is 6.09. The van der Waals surface area contributed by atoms with Gasteiger partial charge in [0.15, 0.2) is 0 Å². The SMILES string of the molecule is C=CCn1cc(C(=O)NC)c2cc(C)[nH]c2c1=O.c1cc2c(cn1)CCCC2. The molecule has 0 spiro atoms. The fourth-order valence-electron chi connectivity index (χ4n) is 3.54. The Bertz CT molecular complexity index is 1040. The molecule has 1 aliphatic carbocycles. The molecule has 0 radical (unpaired) electrons. The number of carbonyl (C=O) groups is 1. The van der Waals surface area contributed by atoms with E-state index in [0.29, 0.717) is 23.0 Å². The van der Waals surface area contributed by atoms with E-state index in [1.807, 2.05) is 19.3 Å². The van der Waals surface area contributed by atoms with Crippen molar-refractivity contribution in [3.05, 3.63) is 76.1 Å². The maximum atomic E-state index is 12.1. The summed E-state index contributed by atoms with van der Waals surface area (Å²) in [4.78, 5) is 31.1. The average Bonchev–Trinajstić information content (AvgIpc) is 3.12. The first-order valence-electron chi connectivity index (χ1n) is 9.52. The number of aromatic amines is 1. The zero-order valence-corrected chi connectivity index (χ0v) is 16.4. The molecule has 4 rings (SSSR count). The van der Waals surface area contributed by atoms with Crippen LogP contribution in [0, 0.1) is 6.92 Å². The number of H-pyrrole nitrogens is 1. The van der Waals surface area contributed by atoms with Gasteiger partial charge in [-0.3, -0.25) is 14.6 Å². The Morgan fingerprint density at radius 3 is 2.79 bits per heavy atom. The van der Waals surface area contributed by atoms with Crippen molar-refractivity contribution in [3.8, 4) is 0 Å². The van der Waals surface area contributed by atoms with Crippen LogP contribution < -0.4 is 10.9 Å². The third-order valence-corrected chi connectivity index (χ3v) is 4.95. The Morgan fingerprint density at radius 1 is 1.36 bits per heavy atom. The third kappa shape index (κ3) is 4.06. The van der Waals surface area contributed by atoms with Gasteiger partial charge in [0.05, 0.1) is 5.56 Å². The quantitative estimate of drug-likeness (QED) is 0.687. The van der Waals surface area contributed by atoms with Gasteiger partial charge in [-0.1, -0.05) is 6.08 Å². The van der Waals surface area contributed by atoms with Crippen molar-refractivity contribution in [3.63, 3.8) is 0 Å². The van der Waals surface area contributed by atoms with E-state index in [-0.39, 0.29) is 11.5 Å². The lowest BCUT2D eigenvalue weighted by Crippen LogP contribution is -2.25. The summed E-state index contributed by atoms with van der Waals surface area (Å²) in [5.41, 5.74) is 4.62. The van der Waals surface area contributed by atoms with E-state index in [1.54, 1.807) is 25.4 Å². The summed E-state index contributed by atoms with van der Waals surface area (Å²) in [5, 5.41) is 3.23. The summed E-state index contributed by atoms with van der Waals surface area (Å²) in [6.07, 6.45) is 12.3. The standard InChI is InChI=1S/C13H15N3O2.C9H11N/c1-4-5-16-7-10(12(17)14-3)9-6-8(2)15-11(9)13(16)18;1-2-4-9-7-10-6-5-8(9)3-1/h4,6-7,15H,1,5H2,2-3H3,(H,14,17);5-7H,1-4H2. The molecule has 146 valence electrons. The van der Waals surface area contributed by atoms with E-state index in [1.165, 1.54) is 41.4 Å². The predicted molar refractivity (Wildman–Crippen MR) is 112 cm³/mol. The number of aryl methyl sites for hydroxylation is 3. The molecule has 1 amide bonds. The number of aromatic nitrogens is 3. The second kappa shape index (κ2) is 8.69. The van der Waals surface area contributed by atoms with Gasteiger partial charge < -0.3 is 14.9 Å². The average molecular weight is 378 g/mol. The maximum absolute atomic E-state index is 12.1. The van der Waals surface area contributed by atoms with Crippen LogP contribution in [-0.2, 0) is 19.4 Å². The van der Waals surface area contributed by atoms with Crippen molar-refractivity contribution in [2.75, 3.05) is 7.05 Å². The fourth-order valence-corrected chi connectivity index (χ4v) is 3.54. The number of nitrogens with zero attached hydrogens (tertiary/aromatic N) is 2. The lowest BCUT2D eigenvalue weighted by Gasteiger charge is -2.13. The molecule has 3 heterocycles. The number of fused-ring (bicyclic) bond motifs is 2. The smallest absolute Gasteiger partial charge is 0.275 e. The van der Waals surface area contributed by atoms with E-state index >= 15 is 0 Å². The molecule has 2 N–H and O–H groups in total. The largest absolute Gasteiger partial charge is 0.355 e. The van der Waals surface area contributed by atoms with Crippen LogP contribution in [0.4, 0.5) is 0 Å². The molecule has 0 bridgehead atoms. The molecule has 0 saturated heterocycles. The highest BCUT2D eigenvalue weighted by molar-refractivity contribution is 6.06. The van der Waals surface area contributed by atoms with Gasteiger partial charge >= 0.3 is 0 Å². The van der Waals surface area contributed by atoms with Crippen LogP contribution in [0.1, 0.15) is 40.0 Å². The van der Waals surface area contributed by atoms with Crippen molar-refractivity contribution in [2.45, 2.75) is 39.2 Å². The molecule has 3 aromatic rings. The van der Waals surface area contributed by atoms with Crippen LogP contribution in [0.3, 0.4) is 0 Å². The lowest BCUT2D eigenvalue weighted by atomic mass is 9.94. The highest BCUT2D eigenvalue weighted by atomic mass is 16.1. The van der Waals surface area contributed by atoms with Crippen molar-refractivity contribution in [1.29, 1.82) is 0 Å². The number of pyridine rings is 2. The van der Waals surface area contributed by atoms with Gasteiger partial charge in [0.2, 0.25) is 0 Å². The monoisotopic (exact) mass is 378 g/mol. The fraction of sp³-hybridized carbons (Fsp3) is 0.318. The number of hydrogen-bond donors (Lipinski definition) is 2. The molecule has 0 fully saturated rings. The molecule has 1 aliphatic rings.